The van der Waals surface area contributed by atoms with Crippen molar-refractivity contribution >= 4 is 0 Å². The maximum Gasteiger partial charge on any atom is 0.267 e. The molecule has 2 aromatic heterocycles. The molecule has 0 saturated heterocycles. The Morgan fingerprint density at radius 3 is 1.70 bits per heavy atom. The highest BCUT2D eigenvalue weighted by molar-refractivity contribution is 5.36. The quantitative estimate of drug-likeness (QED) is 0.526. The second-order valence-electron chi connectivity index (χ2n) is 4.17. The molecule has 2 heterocycles. The number of H-pyrrole nitrogens is 2. The standard InChI is InChI=1S/C5H4O3.C4H7N3.C3H5N3.2CH4/c1-2-3(6)5(8)4(2)7;1-3-5-4(2)7-6-3;1-3-4-2-5-6-3;;/h6H,1H3;1-2H3,(H,5,6,7);2H,1H3,(H,4,5,6);2*1H4. The lowest BCUT2D eigenvalue weighted by Crippen LogP contribution is -2.32. The first kappa shape index (κ1) is 22.4. The lowest BCUT2D eigenvalue weighted by molar-refractivity contribution is 0.457. The maximum absolute atomic E-state index is 10.2. The van der Waals surface area contributed by atoms with E-state index >= 15 is 0 Å². The van der Waals surface area contributed by atoms with Crippen LogP contribution in [0.25, 0.3) is 0 Å². The molecular weight excluding hydrogens is 300 g/mol. The van der Waals surface area contributed by atoms with Crippen molar-refractivity contribution in [3.8, 4) is 5.75 Å². The van der Waals surface area contributed by atoms with Gasteiger partial charge in [0.25, 0.3) is 5.43 Å². The van der Waals surface area contributed by atoms with Crippen LogP contribution in [0.15, 0.2) is 15.9 Å². The van der Waals surface area contributed by atoms with E-state index in [1.54, 1.807) is 0 Å². The van der Waals surface area contributed by atoms with Gasteiger partial charge in [0.2, 0.25) is 5.43 Å². The van der Waals surface area contributed by atoms with Crippen LogP contribution in [0.3, 0.4) is 0 Å². The third kappa shape index (κ3) is 6.64. The Balaban J connectivity index is 0. The van der Waals surface area contributed by atoms with Crippen molar-refractivity contribution in [1.29, 1.82) is 0 Å². The summed E-state index contributed by atoms with van der Waals surface area (Å²) in [6.45, 7) is 7.00. The van der Waals surface area contributed by atoms with Crippen LogP contribution >= 0.6 is 0 Å². The Labute approximate surface area is 134 Å². The number of aryl methyl sites for hydroxylation is 3. The molecule has 23 heavy (non-hydrogen) atoms. The van der Waals surface area contributed by atoms with Crippen LogP contribution in [-0.4, -0.2) is 35.5 Å². The molecule has 3 N–H and O–H groups in total. The lowest BCUT2D eigenvalue weighted by Gasteiger charge is -1.94. The fourth-order valence-corrected chi connectivity index (χ4v) is 1.21. The molecule has 0 fully saturated rings. The van der Waals surface area contributed by atoms with Crippen molar-refractivity contribution < 1.29 is 5.11 Å². The van der Waals surface area contributed by atoms with E-state index < -0.39 is 10.9 Å². The second kappa shape index (κ2) is 9.98. The van der Waals surface area contributed by atoms with E-state index in [-0.39, 0.29) is 26.2 Å². The molecule has 0 spiro atoms. The fraction of sp³-hybridized carbons (Fsp3) is 0.429. The zero-order valence-corrected chi connectivity index (χ0v) is 12.1. The van der Waals surface area contributed by atoms with Gasteiger partial charge in [-0.25, -0.2) is 9.97 Å². The Morgan fingerprint density at radius 2 is 1.57 bits per heavy atom. The molecule has 0 radical (unpaired) electrons. The van der Waals surface area contributed by atoms with Gasteiger partial charge in [0.05, 0.1) is 0 Å². The first-order chi connectivity index (χ1) is 9.82. The minimum absolute atomic E-state index is 0. The number of rotatable bonds is 0. The van der Waals surface area contributed by atoms with Crippen molar-refractivity contribution in [2.45, 2.75) is 42.5 Å². The highest BCUT2D eigenvalue weighted by Gasteiger charge is 2.13. The van der Waals surface area contributed by atoms with Crippen LogP contribution in [0, 0.1) is 27.7 Å². The summed E-state index contributed by atoms with van der Waals surface area (Å²) < 4.78 is 0. The molecule has 0 bridgehead atoms. The van der Waals surface area contributed by atoms with E-state index in [9.17, 15) is 9.59 Å². The minimum atomic E-state index is -0.762. The van der Waals surface area contributed by atoms with Gasteiger partial charge in [-0.2, -0.15) is 10.2 Å². The molecule has 1 aromatic carbocycles. The van der Waals surface area contributed by atoms with Gasteiger partial charge in [0, 0.05) is 5.56 Å². The minimum Gasteiger partial charge on any atom is -0.504 e. The molecule has 9 heteroatoms. The molecule has 0 aliphatic heterocycles. The van der Waals surface area contributed by atoms with Gasteiger partial charge in [-0.3, -0.25) is 19.8 Å². The number of hydrogen-bond acceptors (Lipinski definition) is 7. The molecule has 0 aliphatic rings. The van der Waals surface area contributed by atoms with E-state index in [2.05, 4.69) is 30.4 Å². The average Bonchev–Trinajstić information content (AvgIpc) is 3.09. The maximum atomic E-state index is 10.2. The number of aromatic amines is 2. The molecule has 3 aromatic rings. The number of hydrogen-bond donors (Lipinski definition) is 3. The Hall–Kier alpha value is -2.84. The predicted octanol–water partition coefficient (Wildman–Crippen LogP) is 1.10. The summed E-state index contributed by atoms with van der Waals surface area (Å²) in [6, 6.07) is 0. The van der Waals surface area contributed by atoms with E-state index in [0.717, 1.165) is 17.5 Å². The molecule has 3 rings (SSSR count). The van der Waals surface area contributed by atoms with Gasteiger partial charge in [0.1, 0.15) is 23.8 Å². The van der Waals surface area contributed by atoms with Crippen molar-refractivity contribution in [1.82, 2.24) is 30.4 Å². The zero-order chi connectivity index (χ0) is 16.0. The lowest BCUT2D eigenvalue weighted by atomic mass is 10.1. The van der Waals surface area contributed by atoms with Gasteiger partial charge in [-0.05, 0) is 27.7 Å². The summed E-state index contributed by atoms with van der Waals surface area (Å²) >= 11 is 0. The summed E-state index contributed by atoms with van der Waals surface area (Å²) in [6.07, 6.45) is 1.48. The number of nitrogens with zero attached hydrogens (tertiary/aromatic N) is 4. The van der Waals surface area contributed by atoms with Crippen LogP contribution < -0.4 is 10.9 Å². The molecule has 0 amide bonds. The largest absolute Gasteiger partial charge is 0.504 e. The number of aromatic hydroxyl groups is 1. The van der Waals surface area contributed by atoms with E-state index in [4.69, 9.17) is 5.11 Å². The number of aromatic nitrogens is 6. The third-order valence-corrected chi connectivity index (χ3v) is 2.36. The smallest absolute Gasteiger partial charge is 0.267 e. The van der Waals surface area contributed by atoms with Crippen molar-refractivity contribution in [2.24, 2.45) is 0 Å². The summed E-state index contributed by atoms with van der Waals surface area (Å²) in [4.78, 5) is 28.0. The van der Waals surface area contributed by atoms with Crippen LogP contribution in [0.5, 0.6) is 5.75 Å². The first-order valence-electron chi connectivity index (χ1n) is 5.99. The highest BCUT2D eigenvalue weighted by Crippen LogP contribution is 2.03. The summed E-state index contributed by atoms with van der Waals surface area (Å²) in [7, 11) is 0. The Kier molecular flexibility index (Phi) is 9.74. The third-order valence-electron chi connectivity index (χ3n) is 2.36. The molecule has 0 saturated carbocycles. The van der Waals surface area contributed by atoms with E-state index in [0.29, 0.717) is 0 Å². The highest BCUT2D eigenvalue weighted by atomic mass is 16.3. The van der Waals surface area contributed by atoms with Gasteiger partial charge in [-0.1, -0.05) is 14.9 Å². The fourth-order valence-electron chi connectivity index (χ4n) is 1.21. The Morgan fingerprint density at radius 1 is 0.957 bits per heavy atom. The van der Waals surface area contributed by atoms with E-state index in [1.807, 2.05) is 20.8 Å². The van der Waals surface area contributed by atoms with E-state index in [1.165, 1.54) is 13.3 Å². The average molecular weight is 324 g/mol. The predicted molar refractivity (Wildman–Crippen MR) is 88.2 cm³/mol. The van der Waals surface area contributed by atoms with Crippen LogP contribution in [0.4, 0.5) is 0 Å². The summed E-state index contributed by atoms with van der Waals surface area (Å²) in [5, 5.41) is 21.2. The monoisotopic (exact) mass is 324 g/mol. The van der Waals surface area contributed by atoms with Crippen molar-refractivity contribution in [2.75, 3.05) is 0 Å². The molecule has 0 atom stereocenters. The molecule has 0 unspecified atom stereocenters. The first-order valence-corrected chi connectivity index (χ1v) is 5.99. The molecular formula is C14H24N6O3. The Bertz CT molecular complexity index is 708. The van der Waals surface area contributed by atoms with Crippen LogP contribution in [0.2, 0.25) is 0 Å². The summed E-state index contributed by atoms with van der Waals surface area (Å²) in [5.74, 6) is 2.15. The van der Waals surface area contributed by atoms with Gasteiger partial charge >= 0.3 is 0 Å². The molecule has 128 valence electrons. The SMILES string of the molecule is C.C.Cc1c(O)c(=O)c1=O.Cc1n[nH]c(C)n1.Cc1ncn[nH]1. The van der Waals surface area contributed by atoms with Crippen LogP contribution in [-0.2, 0) is 0 Å². The van der Waals surface area contributed by atoms with Gasteiger partial charge < -0.3 is 5.11 Å². The van der Waals surface area contributed by atoms with Gasteiger partial charge in [0.15, 0.2) is 5.75 Å². The molecule has 0 aliphatic carbocycles. The second-order valence-corrected chi connectivity index (χ2v) is 4.17. The number of nitrogens with one attached hydrogen (secondary N) is 2. The van der Waals surface area contributed by atoms with Crippen molar-refractivity contribution in [3.05, 3.63) is 49.8 Å². The van der Waals surface area contributed by atoms with Crippen molar-refractivity contribution in [3.63, 3.8) is 0 Å². The van der Waals surface area contributed by atoms with Gasteiger partial charge in [-0.15, -0.1) is 0 Å². The van der Waals surface area contributed by atoms with Crippen LogP contribution in [0.1, 0.15) is 37.9 Å². The topological polar surface area (TPSA) is 138 Å². The summed E-state index contributed by atoms with van der Waals surface area (Å²) in [5.41, 5.74) is -1.15. The normalized spacial score (nSPS) is 8.70. The zero-order valence-electron chi connectivity index (χ0n) is 12.1. The molecule has 9 nitrogen and oxygen atoms in total.